The number of methoxy groups -OCH3 is 3. The number of hydrogen-bond acceptors (Lipinski definition) is 6. The maximum absolute atomic E-state index is 12.9. The number of carbonyl (C=O) groups excluding carboxylic acids is 2. The van der Waals surface area contributed by atoms with E-state index in [2.05, 4.69) is 5.32 Å². The van der Waals surface area contributed by atoms with Crippen LogP contribution in [-0.2, 0) is 14.3 Å². The molecule has 0 aliphatic rings. The van der Waals surface area contributed by atoms with Gasteiger partial charge in [0.2, 0.25) is 5.75 Å². The second-order valence-corrected chi connectivity index (χ2v) is 7.45. The topological polar surface area (TPSA) is 83.1 Å². The standard InChI is InChI=1S/C26H24ClNO6/c1-31-22-14-20(15-23(32-2)25(22)33-3)28-24(29)16-34-26(30)21(13-17-7-5-4-6-8-17)18-9-11-19(27)12-10-18/h4-15H,16H2,1-3H3,(H,28,29)/b21-13+. The second-order valence-electron chi connectivity index (χ2n) is 7.01. The number of benzene rings is 3. The van der Waals surface area contributed by atoms with Crippen LogP contribution in [0.2, 0.25) is 5.02 Å². The lowest BCUT2D eigenvalue weighted by Gasteiger charge is -2.15. The van der Waals surface area contributed by atoms with Gasteiger partial charge in [-0.3, -0.25) is 4.79 Å². The van der Waals surface area contributed by atoms with Gasteiger partial charge in [0.05, 0.1) is 26.9 Å². The molecule has 176 valence electrons. The van der Waals surface area contributed by atoms with Crippen molar-refractivity contribution in [2.75, 3.05) is 33.3 Å². The molecule has 0 spiro atoms. The van der Waals surface area contributed by atoms with Crippen molar-refractivity contribution in [2.24, 2.45) is 0 Å². The van der Waals surface area contributed by atoms with Gasteiger partial charge in [0.25, 0.3) is 5.91 Å². The molecule has 0 bridgehead atoms. The summed E-state index contributed by atoms with van der Waals surface area (Å²) in [5.41, 5.74) is 2.12. The molecule has 0 aliphatic carbocycles. The maximum Gasteiger partial charge on any atom is 0.339 e. The molecule has 3 aromatic carbocycles. The van der Waals surface area contributed by atoms with Crippen molar-refractivity contribution in [2.45, 2.75) is 0 Å². The molecule has 0 unspecified atom stereocenters. The summed E-state index contributed by atoms with van der Waals surface area (Å²) in [7, 11) is 4.43. The lowest BCUT2D eigenvalue weighted by Crippen LogP contribution is -2.21. The minimum absolute atomic E-state index is 0.295. The van der Waals surface area contributed by atoms with Crippen molar-refractivity contribution in [1.29, 1.82) is 0 Å². The summed E-state index contributed by atoms with van der Waals surface area (Å²) in [5.74, 6) is -0.0213. The second kappa shape index (κ2) is 11.8. The maximum atomic E-state index is 12.9. The number of hydrogen-bond donors (Lipinski definition) is 1. The zero-order valence-corrected chi connectivity index (χ0v) is 19.7. The number of ether oxygens (including phenoxy) is 4. The van der Waals surface area contributed by atoms with Crippen LogP contribution >= 0.6 is 11.6 Å². The molecule has 8 heteroatoms. The number of carbonyl (C=O) groups is 2. The Morgan fingerprint density at radius 2 is 1.50 bits per heavy atom. The molecule has 0 aliphatic heterocycles. The zero-order valence-electron chi connectivity index (χ0n) is 19.0. The Kier molecular flexibility index (Phi) is 8.54. The minimum atomic E-state index is -0.647. The molecule has 0 saturated heterocycles. The van der Waals surface area contributed by atoms with Gasteiger partial charge < -0.3 is 24.3 Å². The van der Waals surface area contributed by atoms with E-state index in [4.69, 9.17) is 30.5 Å². The van der Waals surface area contributed by atoms with Crippen molar-refractivity contribution in [1.82, 2.24) is 0 Å². The van der Waals surface area contributed by atoms with Crippen LogP contribution in [0, 0.1) is 0 Å². The number of halogens is 1. The van der Waals surface area contributed by atoms with Crippen LogP contribution in [0.25, 0.3) is 11.6 Å². The Hall–Kier alpha value is -3.97. The van der Waals surface area contributed by atoms with E-state index in [1.54, 1.807) is 42.5 Å². The van der Waals surface area contributed by atoms with Gasteiger partial charge in [-0.25, -0.2) is 4.79 Å². The smallest absolute Gasteiger partial charge is 0.339 e. The summed E-state index contributed by atoms with van der Waals surface area (Å²) in [6, 6.07) is 19.3. The number of nitrogens with one attached hydrogen (secondary N) is 1. The summed E-state index contributed by atoms with van der Waals surface area (Å²) in [6.07, 6.45) is 1.70. The van der Waals surface area contributed by atoms with Gasteiger partial charge in [-0.15, -0.1) is 0 Å². The van der Waals surface area contributed by atoms with Crippen molar-refractivity contribution >= 4 is 40.8 Å². The Bertz CT molecular complexity index is 1150. The Labute approximate surface area is 202 Å². The quantitative estimate of drug-likeness (QED) is 0.260. The fourth-order valence-electron chi connectivity index (χ4n) is 3.16. The third-order valence-corrected chi connectivity index (χ3v) is 5.02. The van der Waals surface area contributed by atoms with E-state index in [0.717, 1.165) is 5.56 Å². The molecule has 1 amide bonds. The first-order chi connectivity index (χ1) is 16.4. The lowest BCUT2D eigenvalue weighted by atomic mass is 10.0. The molecule has 0 atom stereocenters. The van der Waals surface area contributed by atoms with Crippen LogP contribution in [0.4, 0.5) is 5.69 Å². The van der Waals surface area contributed by atoms with E-state index in [1.807, 2.05) is 30.3 Å². The predicted octanol–water partition coefficient (Wildman–Crippen LogP) is 5.09. The van der Waals surface area contributed by atoms with Gasteiger partial charge in [-0.2, -0.15) is 0 Å². The zero-order chi connectivity index (χ0) is 24.5. The molecule has 0 saturated carbocycles. The first kappa shape index (κ1) is 24.7. The molecular formula is C26H24ClNO6. The Balaban J connectivity index is 1.75. The SMILES string of the molecule is COc1cc(NC(=O)COC(=O)/C(=C/c2ccccc2)c2ccc(Cl)cc2)cc(OC)c1OC. The highest BCUT2D eigenvalue weighted by Gasteiger charge is 2.18. The average molecular weight is 482 g/mol. The molecule has 3 aromatic rings. The van der Waals surface area contributed by atoms with E-state index < -0.39 is 18.5 Å². The predicted molar refractivity (Wildman–Crippen MR) is 131 cm³/mol. The number of amides is 1. The summed E-state index contributed by atoms with van der Waals surface area (Å²) in [6.45, 7) is -0.491. The molecule has 0 radical (unpaired) electrons. The van der Waals surface area contributed by atoms with Crippen LogP contribution in [0.1, 0.15) is 11.1 Å². The van der Waals surface area contributed by atoms with E-state index >= 15 is 0 Å². The highest BCUT2D eigenvalue weighted by Crippen LogP contribution is 2.39. The minimum Gasteiger partial charge on any atom is -0.493 e. The molecule has 3 rings (SSSR count). The summed E-state index contributed by atoms with van der Waals surface area (Å²) >= 11 is 5.98. The van der Waals surface area contributed by atoms with E-state index in [9.17, 15) is 9.59 Å². The molecule has 0 fully saturated rings. The van der Waals surface area contributed by atoms with Gasteiger partial charge in [0, 0.05) is 22.8 Å². The Morgan fingerprint density at radius 1 is 0.882 bits per heavy atom. The van der Waals surface area contributed by atoms with Crippen molar-refractivity contribution in [3.05, 3.63) is 82.9 Å². The van der Waals surface area contributed by atoms with E-state index in [-0.39, 0.29) is 0 Å². The van der Waals surface area contributed by atoms with E-state index in [0.29, 0.717) is 39.1 Å². The molecule has 1 N–H and O–H groups in total. The molecule has 0 aromatic heterocycles. The van der Waals surface area contributed by atoms with Gasteiger partial charge in [0.15, 0.2) is 18.1 Å². The summed E-state index contributed by atoms with van der Waals surface area (Å²) in [4.78, 5) is 25.4. The lowest BCUT2D eigenvalue weighted by molar-refractivity contribution is -0.141. The van der Waals surface area contributed by atoms with Crippen LogP contribution in [-0.4, -0.2) is 39.8 Å². The number of anilines is 1. The van der Waals surface area contributed by atoms with Crippen LogP contribution < -0.4 is 19.5 Å². The molecule has 0 heterocycles. The third kappa shape index (κ3) is 6.30. The van der Waals surface area contributed by atoms with Gasteiger partial charge in [-0.1, -0.05) is 54.1 Å². The van der Waals surface area contributed by atoms with Crippen LogP contribution in [0.15, 0.2) is 66.7 Å². The van der Waals surface area contributed by atoms with Crippen molar-refractivity contribution in [3.8, 4) is 17.2 Å². The highest BCUT2D eigenvalue weighted by atomic mass is 35.5. The third-order valence-electron chi connectivity index (χ3n) is 4.77. The average Bonchev–Trinajstić information content (AvgIpc) is 2.86. The molecule has 7 nitrogen and oxygen atoms in total. The van der Waals surface area contributed by atoms with Gasteiger partial charge in [-0.05, 0) is 29.3 Å². The van der Waals surface area contributed by atoms with Gasteiger partial charge >= 0.3 is 5.97 Å². The Morgan fingerprint density at radius 3 is 2.06 bits per heavy atom. The first-order valence-electron chi connectivity index (χ1n) is 10.2. The first-order valence-corrected chi connectivity index (χ1v) is 10.6. The normalized spacial score (nSPS) is 10.9. The fraction of sp³-hybridized carbons (Fsp3) is 0.154. The van der Waals surface area contributed by atoms with Gasteiger partial charge in [0.1, 0.15) is 0 Å². The van der Waals surface area contributed by atoms with Crippen molar-refractivity contribution in [3.63, 3.8) is 0 Å². The number of rotatable bonds is 9. The van der Waals surface area contributed by atoms with Crippen LogP contribution in [0.5, 0.6) is 17.2 Å². The fourth-order valence-corrected chi connectivity index (χ4v) is 3.29. The van der Waals surface area contributed by atoms with Crippen molar-refractivity contribution < 1.29 is 28.5 Å². The largest absolute Gasteiger partial charge is 0.493 e. The monoisotopic (exact) mass is 481 g/mol. The number of esters is 1. The van der Waals surface area contributed by atoms with E-state index in [1.165, 1.54) is 21.3 Å². The summed E-state index contributed by atoms with van der Waals surface area (Å²) in [5, 5.41) is 3.21. The summed E-state index contributed by atoms with van der Waals surface area (Å²) < 4.78 is 21.2. The molecular weight excluding hydrogens is 458 g/mol. The van der Waals surface area contributed by atoms with Crippen LogP contribution in [0.3, 0.4) is 0 Å². The highest BCUT2D eigenvalue weighted by molar-refractivity contribution is 6.30. The molecule has 34 heavy (non-hydrogen) atoms.